The van der Waals surface area contributed by atoms with Crippen molar-refractivity contribution in [3.63, 3.8) is 0 Å². The molecule has 7 nitrogen and oxygen atoms in total. The molecule has 2 aromatic rings. The summed E-state index contributed by atoms with van der Waals surface area (Å²) in [6.45, 7) is 1.33. The molecule has 2 rings (SSSR count). The quantitative estimate of drug-likeness (QED) is 0.502. The zero-order valence-corrected chi connectivity index (χ0v) is 14.2. The van der Waals surface area contributed by atoms with E-state index in [9.17, 15) is 14.9 Å². The van der Waals surface area contributed by atoms with Crippen LogP contribution in [0.3, 0.4) is 0 Å². The van der Waals surface area contributed by atoms with Gasteiger partial charge in [0.05, 0.1) is 12.8 Å². The summed E-state index contributed by atoms with van der Waals surface area (Å²) < 4.78 is 10.3. The molecule has 1 aromatic carbocycles. The molecule has 1 aromatic heterocycles. The number of nitrogens with one attached hydrogen (secondary N) is 1. The van der Waals surface area contributed by atoms with Crippen LogP contribution in [-0.2, 0) is 16.1 Å². The lowest BCUT2D eigenvalue weighted by molar-refractivity contribution is -0.142. The summed E-state index contributed by atoms with van der Waals surface area (Å²) in [5.74, 6) is 0.118. The molecule has 0 fully saturated rings. The second kappa shape index (κ2) is 7.66. The minimum atomic E-state index is -0.496. The third-order valence-electron chi connectivity index (χ3n) is 3.19. The van der Waals surface area contributed by atoms with Crippen molar-refractivity contribution in [3.8, 4) is 23.1 Å². The standard InChI is InChI=1S/C16H15N3O4S/c1-9(20)23-8-11-6-10(4-5-13(11)22-2)14-12(7-17)15(21)19-16(18-14)24-3/h4-6H,8H2,1-3H3,(H,18,19,21). The lowest BCUT2D eigenvalue weighted by Crippen LogP contribution is -2.14. The van der Waals surface area contributed by atoms with Crippen LogP contribution in [0.4, 0.5) is 0 Å². The van der Waals surface area contributed by atoms with Crippen molar-refractivity contribution >= 4 is 17.7 Å². The lowest BCUT2D eigenvalue weighted by Gasteiger charge is -2.11. The van der Waals surface area contributed by atoms with Gasteiger partial charge >= 0.3 is 5.97 Å². The zero-order chi connectivity index (χ0) is 17.7. The predicted octanol–water partition coefficient (Wildman–Crippen LogP) is 2.10. The molecule has 24 heavy (non-hydrogen) atoms. The molecule has 0 unspecified atom stereocenters. The number of aromatic nitrogens is 2. The van der Waals surface area contributed by atoms with Gasteiger partial charge in [0, 0.05) is 18.1 Å². The highest BCUT2D eigenvalue weighted by molar-refractivity contribution is 7.98. The number of esters is 1. The highest BCUT2D eigenvalue weighted by Gasteiger charge is 2.15. The van der Waals surface area contributed by atoms with Gasteiger partial charge in [-0.1, -0.05) is 11.8 Å². The Bertz CT molecular complexity index is 871. The number of nitriles is 1. The molecule has 0 spiro atoms. The van der Waals surface area contributed by atoms with Crippen LogP contribution in [0.2, 0.25) is 0 Å². The highest BCUT2D eigenvalue weighted by atomic mass is 32.2. The van der Waals surface area contributed by atoms with Crippen LogP contribution in [0.1, 0.15) is 18.1 Å². The number of H-pyrrole nitrogens is 1. The Hall–Kier alpha value is -2.79. The predicted molar refractivity (Wildman–Crippen MR) is 88.8 cm³/mol. The zero-order valence-electron chi connectivity index (χ0n) is 13.4. The van der Waals surface area contributed by atoms with Crippen molar-refractivity contribution in [2.75, 3.05) is 13.4 Å². The molecule has 0 aliphatic rings. The van der Waals surface area contributed by atoms with Crippen molar-refractivity contribution in [1.29, 1.82) is 5.26 Å². The molecule has 0 amide bonds. The van der Waals surface area contributed by atoms with Crippen molar-refractivity contribution in [3.05, 3.63) is 39.7 Å². The summed E-state index contributed by atoms with van der Waals surface area (Å²) >= 11 is 1.27. The topological polar surface area (TPSA) is 105 Å². The summed E-state index contributed by atoms with van der Waals surface area (Å²) in [6.07, 6.45) is 1.77. The molecule has 8 heteroatoms. The smallest absolute Gasteiger partial charge is 0.302 e. The molecular formula is C16H15N3O4S. The Balaban J connectivity index is 2.59. The van der Waals surface area contributed by atoms with Gasteiger partial charge in [-0.2, -0.15) is 5.26 Å². The van der Waals surface area contributed by atoms with E-state index in [4.69, 9.17) is 9.47 Å². The molecule has 0 atom stereocenters. The van der Waals surface area contributed by atoms with Crippen LogP contribution < -0.4 is 10.3 Å². The van der Waals surface area contributed by atoms with E-state index in [0.717, 1.165) is 0 Å². The fraction of sp³-hybridized carbons (Fsp3) is 0.250. The van der Waals surface area contributed by atoms with E-state index in [1.807, 2.05) is 6.07 Å². The summed E-state index contributed by atoms with van der Waals surface area (Å²) in [5.41, 5.74) is 0.885. The summed E-state index contributed by atoms with van der Waals surface area (Å²) in [5, 5.41) is 9.67. The molecule has 124 valence electrons. The molecule has 0 aliphatic heterocycles. The minimum Gasteiger partial charge on any atom is -0.496 e. The fourth-order valence-corrected chi connectivity index (χ4v) is 2.46. The number of hydrogen-bond acceptors (Lipinski definition) is 7. The average molecular weight is 345 g/mol. The number of carbonyl (C=O) groups is 1. The molecule has 0 saturated heterocycles. The van der Waals surface area contributed by atoms with Crippen LogP contribution in [-0.4, -0.2) is 29.3 Å². The lowest BCUT2D eigenvalue weighted by atomic mass is 10.0. The average Bonchev–Trinajstić information content (AvgIpc) is 2.58. The van der Waals surface area contributed by atoms with Crippen LogP contribution in [0.15, 0.2) is 28.2 Å². The number of hydrogen-bond donors (Lipinski definition) is 1. The minimum absolute atomic E-state index is 0.0206. The SMILES string of the molecule is COc1ccc(-c2nc(SC)[nH]c(=O)c2C#N)cc1COC(C)=O. The van der Waals surface area contributed by atoms with E-state index in [2.05, 4.69) is 9.97 Å². The van der Waals surface area contributed by atoms with Gasteiger partial charge < -0.3 is 14.5 Å². The molecule has 0 aliphatic carbocycles. The van der Waals surface area contributed by atoms with Crippen molar-refractivity contribution in [2.24, 2.45) is 0 Å². The summed E-state index contributed by atoms with van der Waals surface area (Å²) in [7, 11) is 1.50. The maximum atomic E-state index is 12.0. The Morgan fingerprint density at radius 1 is 1.46 bits per heavy atom. The molecular weight excluding hydrogens is 330 g/mol. The molecule has 1 heterocycles. The number of ether oxygens (including phenoxy) is 2. The van der Waals surface area contributed by atoms with Gasteiger partial charge in [-0.3, -0.25) is 9.59 Å². The third-order valence-corrected chi connectivity index (χ3v) is 3.77. The van der Waals surface area contributed by atoms with Gasteiger partial charge in [-0.25, -0.2) is 4.98 Å². The van der Waals surface area contributed by atoms with E-state index < -0.39 is 11.5 Å². The van der Waals surface area contributed by atoms with E-state index in [1.165, 1.54) is 25.8 Å². The number of benzene rings is 1. The summed E-state index contributed by atoms with van der Waals surface area (Å²) in [6, 6.07) is 6.94. The van der Waals surface area contributed by atoms with Crippen molar-refractivity contribution in [1.82, 2.24) is 9.97 Å². The maximum absolute atomic E-state index is 12.0. The second-order valence-corrected chi connectivity index (χ2v) is 5.51. The number of rotatable bonds is 5. The van der Waals surface area contributed by atoms with E-state index in [-0.39, 0.29) is 17.9 Å². The number of thioether (sulfide) groups is 1. The van der Waals surface area contributed by atoms with E-state index in [0.29, 0.717) is 22.0 Å². The van der Waals surface area contributed by atoms with Crippen molar-refractivity contribution in [2.45, 2.75) is 18.7 Å². The van der Waals surface area contributed by atoms with Crippen molar-refractivity contribution < 1.29 is 14.3 Å². The molecule has 0 bridgehead atoms. The first-order chi connectivity index (χ1) is 11.5. The largest absolute Gasteiger partial charge is 0.496 e. The number of carbonyl (C=O) groups excluding carboxylic acids is 1. The van der Waals surface area contributed by atoms with Gasteiger partial charge in [0.2, 0.25) is 0 Å². The second-order valence-electron chi connectivity index (χ2n) is 4.72. The Morgan fingerprint density at radius 2 is 2.21 bits per heavy atom. The number of methoxy groups -OCH3 is 1. The normalized spacial score (nSPS) is 10.1. The maximum Gasteiger partial charge on any atom is 0.302 e. The molecule has 1 N–H and O–H groups in total. The first-order valence-electron chi connectivity index (χ1n) is 6.89. The van der Waals surface area contributed by atoms with Gasteiger partial charge in [0.25, 0.3) is 5.56 Å². The number of nitrogens with zero attached hydrogens (tertiary/aromatic N) is 2. The first kappa shape index (κ1) is 17.6. The summed E-state index contributed by atoms with van der Waals surface area (Å²) in [4.78, 5) is 29.9. The Kier molecular flexibility index (Phi) is 5.60. The van der Waals surface area contributed by atoms with E-state index in [1.54, 1.807) is 24.5 Å². The Labute approximate surface area is 142 Å². The van der Waals surface area contributed by atoms with Crippen LogP contribution in [0.5, 0.6) is 5.75 Å². The van der Waals surface area contributed by atoms with Gasteiger partial charge in [0.1, 0.15) is 24.0 Å². The van der Waals surface area contributed by atoms with Gasteiger partial charge in [-0.15, -0.1) is 0 Å². The molecule has 0 radical (unpaired) electrons. The third kappa shape index (κ3) is 3.75. The fourth-order valence-electron chi connectivity index (χ4n) is 2.08. The first-order valence-corrected chi connectivity index (χ1v) is 8.11. The van der Waals surface area contributed by atoms with Crippen LogP contribution in [0, 0.1) is 11.3 Å². The number of aromatic amines is 1. The van der Waals surface area contributed by atoms with Crippen LogP contribution in [0.25, 0.3) is 11.3 Å². The van der Waals surface area contributed by atoms with Crippen LogP contribution >= 0.6 is 11.8 Å². The van der Waals surface area contributed by atoms with Gasteiger partial charge in [0.15, 0.2) is 5.16 Å². The molecule has 0 saturated carbocycles. The highest BCUT2D eigenvalue weighted by Crippen LogP contribution is 2.28. The van der Waals surface area contributed by atoms with E-state index >= 15 is 0 Å². The Morgan fingerprint density at radius 3 is 2.79 bits per heavy atom. The van der Waals surface area contributed by atoms with Gasteiger partial charge in [-0.05, 0) is 24.5 Å². The monoisotopic (exact) mass is 345 g/mol.